The highest BCUT2D eigenvalue weighted by Crippen LogP contribution is 2.34. The predicted molar refractivity (Wildman–Crippen MR) is 130 cm³/mol. The average molecular weight is 445 g/mol. The molecule has 3 aromatic rings. The topological polar surface area (TPSA) is 74.7 Å². The molecule has 0 saturated carbocycles. The van der Waals surface area contributed by atoms with Crippen LogP contribution in [0, 0.1) is 0 Å². The number of benzene rings is 2. The van der Waals surface area contributed by atoms with Crippen molar-refractivity contribution in [1.82, 2.24) is 9.47 Å². The molecule has 1 saturated heterocycles. The summed E-state index contributed by atoms with van der Waals surface area (Å²) in [4.78, 5) is 42.5. The molecule has 7 nitrogen and oxygen atoms in total. The predicted octanol–water partition coefficient (Wildman–Crippen LogP) is 3.43. The van der Waals surface area contributed by atoms with Gasteiger partial charge in [0.15, 0.2) is 0 Å². The van der Waals surface area contributed by atoms with Crippen molar-refractivity contribution in [2.75, 3.05) is 36.9 Å². The number of nitrogens with zero attached hydrogens (tertiary/aromatic N) is 3. The molecule has 2 aromatic carbocycles. The van der Waals surface area contributed by atoms with E-state index in [-0.39, 0.29) is 29.8 Å². The first-order valence-corrected chi connectivity index (χ1v) is 11.5. The lowest BCUT2D eigenvalue weighted by Crippen LogP contribution is -2.42. The van der Waals surface area contributed by atoms with Gasteiger partial charge in [0, 0.05) is 23.6 Å². The number of aryl methyl sites for hydroxylation is 1. The Hall–Kier alpha value is -3.45. The Kier molecular flexibility index (Phi) is 5.50. The molecular weight excluding hydrogens is 416 g/mol. The lowest BCUT2D eigenvalue weighted by atomic mass is 9.87. The first kappa shape index (κ1) is 21.4. The second-order valence-electron chi connectivity index (χ2n) is 8.95. The van der Waals surface area contributed by atoms with Gasteiger partial charge in [-0.3, -0.25) is 19.3 Å². The molecule has 7 heteroatoms. The number of hydrogen-bond acceptors (Lipinski definition) is 4. The van der Waals surface area contributed by atoms with Crippen molar-refractivity contribution >= 4 is 34.1 Å². The number of likely N-dealkylation sites (tertiary alicyclic amines) is 1. The summed E-state index contributed by atoms with van der Waals surface area (Å²) in [6, 6.07) is 14.6. The normalized spacial score (nSPS) is 17.2. The maximum Gasteiger partial charge on any atom is 0.258 e. The quantitative estimate of drug-likeness (QED) is 0.672. The number of rotatable bonds is 3. The number of carbonyl (C=O) groups is 2. The Morgan fingerprint density at radius 3 is 2.58 bits per heavy atom. The van der Waals surface area contributed by atoms with Crippen molar-refractivity contribution in [2.24, 2.45) is 0 Å². The SMILES string of the molecule is CCn1c(=O)cc(C2CCN(C)CC2)c2cc(C(=O)N3CC(=O)Nc4ccccc43)ccc21. The van der Waals surface area contributed by atoms with Crippen molar-refractivity contribution in [3.8, 4) is 0 Å². The Balaban J connectivity index is 1.61. The number of hydrogen-bond donors (Lipinski definition) is 1. The maximum atomic E-state index is 13.6. The molecule has 33 heavy (non-hydrogen) atoms. The minimum absolute atomic E-state index is 0.000339. The fourth-order valence-electron chi connectivity index (χ4n) is 5.10. The van der Waals surface area contributed by atoms with E-state index in [1.807, 2.05) is 37.3 Å². The lowest BCUT2D eigenvalue weighted by Gasteiger charge is -2.31. The van der Waals surface area contributed by atoms with Gasteiger partial charge < -0.3 is 14.8 Å². The summed E-state index contributed by atoms with van der Waals surface area (Å²) in [6.07, 6.45) is 1.97. The van der Waals surface area contributed by atoms with E-state index in [0.717, 1.165) is 42.4 Å². The largest absolute Gasteiger partial charge is 0.323 e. The molecule has 0 atom stereocenters. The number of pyridine rings is 1. The van der Waals surface area contributed by atoms with Crippen LogP contribution in [0.2, 0.25) is 0 Å². The number of piperidine rings is 1. The van der Waals surface area contributed by atoms with Gasteiger partial charge in [0.25, 0.3) is 11.5 Å². The summed E-state index contributed by atoms with van der Waals surface area (Å²) in [5.74, 6) is -0.146. The van der Waals surface area contributed by atoms with Gasteiger partial charge in [-0.25, -0.2) is 0 Å². The number of anilines is 2. The standard InChI is InChI=1S/C26H28N4O3/c1-3-29-22-9-8-18(26(33)30-16-24(31)27-21-6-4-5-7-23(21)30)14-20(22)19(15-25(29)32)17-10-12-28(2)13-11-17/h4-9,14-15,17H,3,10-13,16H2,1-2H3,(H,27,31). The zero-order valence-corrected chi connectivity index (χ0v) is 19.0. The smallest absolute Gasteiger partial charge is 0.258 e. The van der Waals surface area contributed by atoms with Crippen molar-refractivity contribution in [3.63, 3.8) is 0 Å². The Bertz CT molecular complexity index is 1300. The van der Waals surface area contributed by atoms with E-state index in [4.69, 9.17) is 0 Å². The number of amides is 2. The van der Waals surface area contributed by atoms with Gasteiger partial charge in [-0.2, -0.15) is 0 Å². The first-order valence-electron chi connectivity index (χ1n) is 11.5. The zero-order valence-electron chi connectivity index (χ0n) is 19.0. The lowest BCUT2D eigenvalue weighted by molar-refractivity contribution is -0.115. The molecule has 2 amide bonds. The summed E-state index contributed by atoms with van der Waals surface area (Å²) >= 11 is 0. The number of carbonyl (C=O) groups excluding carboxylic acids is 2. The van der Waals surface area contributed by atoms with Crippen molar-refractivity contribution < 1.29 is 9.59 Å². The van der Waals surface area contributed by atoms with Crippen LogP contribution in [-0.2, 0) is 11.3 Å². The molecule has 5 rings (SSSR count). The van der Waals surface area contributed by atoms with E-state index >= 15 is 0 Å². The Labute approximate surface area is 192 Å². The molecule has 0 spiro atoms. The third-order valence-corrected chi connectivity index (χ3v) is 6.88. The second kappa shape index (κ2) is 8.48. The molecule has 1 N–H and O–H groups in total. The van der Waals surface area contributed by atoms with Crippen LogP contribution in [0.4, 0.5) is 11.4 Å². The number of fused-ring (bicyclic) bond motifs is 2. The highest BCUT2D eigenvalue weighted by molar-refractivity contribution is 6.15. The van der Waals surface area contributed by atoms with Crippen LogP contribution in [0.5, 0.6) is 0 Å². The second-order valence-corrected chi connectivity index (χ2v) is 8.95. The molecule has 1 aromatic heterocycles. The molecule has 0 radical (unpaired) electrons. The fraction of sp³-hybridized carbons (Fsp3) is 0.346. The first-order chi connectivity index (χ1) is 16.0. The average Bonchev–Trinajstić information content (AvgIpc) is 2.83. The van der Waals surface area contributed by atoms with E-state index in [1.54, 1.807) is 22.8 Å². The van der Waals surface area contributed by atoms with Crippen molar-refractivity contribution in [3.05, 3.63) is 70.0 Å². The molecule has 2 aliphatic rings. The molecule has 0 aliphatic carbocycles. The molecule has 3 heterocycles. The van der Waals surface area contributed by atoms with Gasteiger partial charge in [0.1, 0.15) is 6.54 Å². The van der Waals surface area contributed by atoms with E-state index < -0.39 is 0 Å². The Morgan fingerprint density at radius 1 is 1.06 bits per heavy atom. The van der Waals surface area contributed by atoms with Crippen LogP contribution in [0.3, 0.4) is 0 Å². The molecular formula is C26H28N4O3. The highest BCUT2D eigenvalue weighted by atomic mass is 16.2. The summed E-state index contributed by atoms with van der Waals surface area (Å²) < 4.78 is 1.76. The number of aromatic nitrogens is 1. The van der Waals surface area contributed by atoms with Crippen LogP contribution in [0.15, 0.2) is 53.3 Å². The van der Waals surface area contributed by atoms with E-state index in [2.05, 4.69) is 17.3 Å². The molecule has 2 aliphatic heterocycles. The number of nitrogens with one attached hydrogen (secondary N) is 1. The van der Waals surface area contributed by atoms with Gasteiger partial charge in [-0.05, 0) is 81.7 Å². The van der Waals surface area contributed by atoms with Gasteiger partial charge in [0.05, 0.1) is 16.9 Å². The monoisotopic (exact) mass is 444 g/mol. The van der Waals surface area contributed by atoms with Crippen LogP contribution in [0.1, 0.15) is 41.6 Å². The van der Waals surface area contributed by atoms with Crippen LogP contribution in [0.25, 0.3) is 10.9 Å². The summed E-state index contributed by atoms with van der Waals surface area (Å²) in [5.41, 5.74) is 3.72. The van der Waals surface area contributed by atoms with E-state index in [9.17, 15) is 14.4 Å². The van der Waals surface area contributed by atoms with Crippen LogP contribution in [-0.4, -0.2) is 48.0 Å². The molecule has 0 unspecified atom stereocenters. The minimum Gasteiger partial charge on any atom is -0.323 e. The zero-order chi connectivity index (χ0) is 23.1. The maximum absolute atomic E-state index is 13.6. The third kappa shape index (κ3) is 3.82. The summed E-state index contributed by atoms with van der Waals surface area (Å²) in [7, 11) is 2.12. The van der Waals surface area contributed by atoms with Gasteiger partial charge >= 0.3 is 0 Å². The van der Waals surface area contributed by atoms with Gasteiger partial charge in [-0.15, -0.1) is 0 Å². The minimum atomic E-state index is -0.220. The molecule has 170 valence electrons. The van der Waals surface area contributed by atoms with Crippen molar-refractivity contribution in [2.45, 2.75) is 32.2 Å². The highest BCUT2D eigenvalue weighted by Gasteiger charge is 2.28. The summed E-state index contributed by atoms with van der Waals surface area (Å²) in [5, 5.41) is 3.78. The van der Waals surface area contributed by atoms with Crippen LogP contribution < -0.4 is 15.8 Å². The third-order valence-electron chi connectivity index (χ3n) is 6.88. The van der Waals surface area contributed by atoms with E-state index in [1.165, 1.54) is 4.90 Å². The molecule has 1 fully saturated rings. The number of para-hydroxylation sites is 2. The fourth-order valence-corrected chi connectivity index (χ4v) is 5.10. The molecule has 0 bridgehead atoms. The Morgan fingerprint density at radius 2 is 1.82 bits per heavy atom. The van der Waals surface area contributed by atoms with E-state index in [0.29, 0.717) is 23.5 Å². The van der Waals surface area contributed by atoms with Gasteiger partial charge in [-0.1, -0.05) is 12.1 Å². The van der Waals surface area contributed by atoms with Gasteiger partial charge in [0.2, 0.25) is 5.91 Å². The van der Waals surface area contributed by atoms with Crippen LogP contribution >= 0.6 is 0 Å². The van der Waals surface area contributed by atoms with Crippen molar-refractivity contribution in [1.29, 1.82) is 0 Å². The summed E-state index contributed by atoms with van der Waals surface area (Å²) in [6.45, 7) is 4.47.